The van der Waals surface area contributed by atoms with Gasteiger partial charge in [0.2, 0.25) is 0 Å². The molecule has 0 spiro atoms. The maximum absolute atomic E-state index is 12.3. The average Bonchev–Trinajstić information content (AvgIpc) is 2.64. The number of nitrogens with zero attached hydrogens (tertiary/aromatic N) is 3. The van der Waals surface area contributed by atoms with E-state index in [9.17, 15) is 9.59 Å². The minimum absolute atomic E-state index is 0.0718. The van der Waals surface area contributed by atoms with Crippen LogP contribution in [-0.4, -0.2) is 82.7 Å². The van der Waals surface area contributed by atoms with Gasteiger partial charge in [-0.3, -0.25) is 0 Å². The predicted octanol–water partition coefficient (Wildman–Crippen LogP) is 0.841. The van der Waals surface area contributed by atoms with Crippen molar-refractivity contribution in [2.45, 2.75) is 6.42 Å². The van der Waals surface area contributed by atoms with Crippen LogP contribution in [0.2, 0.25) is 0 Å². The molecule has 6 nitrogen and oxygen atoms in total. The van der Waals surface area contributed by atoms with Gasteiger partial charge in [-0.05, 0) is 6.42 Å². The Morgan fingerprint density at radius 1 is 0.833 bits per heavy atom. The molecule has 7 heteroatoms. The van der Waals surface area contributed by atoms with Gasteiger partial charge in [-0.1, -0.05) is 0 Å². The quantitative estimate of drug-likeness (QED) is 0.710. The molecule has 102 valence electrons. The van der Waals surface area contributed by atoms with Crippen LogP contribution in [0, 0.1) is 0 Å². The second kappa shape index (κ2) is 6.17. The van der Waals surface area contributed by atoms with Gasteiger partial charge in [0, 0.05) is 50.8 Å². The SMILES string of the molecule is O=C(O)N1CCCN(C(=O)N2CCSCC2)CC1. The third-order valence-corrected chi connectivity index (χ3v) is 4.26. The summed E-state index contributed by atoms with van der Waals surface area (Å²) in [6.45, 7) is 3.73. The zero-order chi connectivity index (χ0) is 13.0. The number of rotatable bonds is 0. The van der Waals surface area contributed by atoms with Crippen molar-refractivity contribution in [2.24, 2.45) is 0 Å². The van der Waals surface area contributed by atoms with E-state index in [4.69, 9.17) is 5.11 Å². The first-order valence-corrected chi connectivity index (χ1v) is 7.43. The number of thioether (sulfide) groups is 1. The van der Waals surface area contributed by atoms with Crippen LogP contribution in [0.4, 0.5) is 9.59 Å². The van der Waals surface area contributed by atoms with Gasteiger partial charge >= 0.3 is 12.1 Å². The smallest absolute Gasteiger partial charge is 0.407 e. The summed E-state index contributed by atoms with van der Waals surface area (Å²) in [6.07, 6.45) is -0.167. The Kier molecular flexibility index (Phi) is 4.57. The topological polar surface area (TPSA) is 64.1 Å². The Bertz CT molecular complexity index is 321. The first-order valence-electron chi connectivity index (χ1n) is 6.28. The first-order chi connectivity index (χ1) is 8.68. The van der Waals surface area contributed by atoms with E-state index >= 15 is 0 Å². The summed E-state index contributed by atoms with van der Waals surface area (Å²) in [5, 5.41) is 8.95. The zero-order valence-electron chi connectivity index (χ0n) is 10.4. The molecule has 0 aromatic rings. The van der Waals surface area contributed by atoms with Gasteiger partial charge in [0.05, 0.1) is 0 Å². The Hall–Kier alpha value is -1.11. The number of urea groups is 1. The van der Waals surface area contributed by atoms with Crippen LogP contribution in [0.25, 0.3) is 0 Å². The molecule has 2 rings (SSSR count). The van der Waals surface area contributed by atoms with Crippen LogP contribution in [0.1, 0.15) is 6.42 Å². The summed E-state index contributed by atoms with van der Waals surface area (Å²) in [6, 6.07) is 0.0718. The molecule has 0 aliphatic carbocycles. The van der Waals surface area contributed by atoms with Gasteiger partial charge in [-0.25, -0.2) is 9.59 Å². The third kappa shape index (κ3) is 3.22. The molecule has 2 aliphatic rings. The lowest BCUT2D eigenvalue weighted by atomic mass is 10.4. The van der Waals surface area contributed by atoms with E-state index in [1.54, 1.807) is 4.90 Å². The minimum atomic E-state index is -0.890. The monoisotopic (exact) mass is 273 g/mol. The number of carboxylic acid groups (broad SMARTS) is 1. The van der Waals surface area contributed by atoms with E-state index < -0.39 is 6.09 Å². The van der Waals surface area contributed by atoms with Crippen LogP contribution in [0.15, 0.2) is 0 Å². The predicted molar refractivity (Wildman–Crippen MR) is 70.1 cm³/mol. The zero-order valence-corrected chi connectivity index (χ0v) is 11.2. The molecule has 0 aromatic carbocycles. The number of amides is 3. The van der Waals surface area contributed by atoms with E-state index in [2.05, 4.69) is 0 Å². The van der Waals surface area contributed by atoms with Crippen LogP contribution >= 0.6 is 11.8 Å². The highest BCUT2D eigenvalue weighted by Crippen LogP contribution is 2.13. The molecule has 0 bridgehead atoms. The van der Waals surface area contributed by atoms with Gasteiger partial charge in [-0.15, -0.1) is 0 Å². The minimum Gasteiger partial charge on any atom is -0.465 e. The molecule has 0 unspecified atom stereocenters. The molecule has 2 heterocycles. The van der Waals surface area contributed by atoms with Crippen molar-refractivity contribution in [1.82, 2.24) is 14.7 Å². The van der Waals surface area contributed by atoms with Crippen molar-refractivity contribution >= 4 is 23.9 Å². The average molecular weight is 273 g/mol. The van der Waals surface area contributed by atoms with E-state index in [1.807, 2.05) is 16.7 Å². The van der Waals surface area contributed by atoms with Crippen molar-refractivity contribution in [3.63, 3.8) is 0 Å². The molecule has 3 amide bonds. The number of hydrogen-bond donors (Lipinski definition) is 1. The van der Waals surface area contributed by atoms with Crippen molar-refractivity contribution in [2.75, 3.05) is 50.8 Å². The maximum atomic E-state index is 12.3. The molecular weight excluding hydrogens is 254 g/mol. The summed E-state index contributed by atoms with van der Waals surface area (Å²) < 4.78 is 0. The highest BCUT2D eigenvalue weighted by Gasteiger charge is 2.25. The molecule has 2 aliphatic heterocycles. The molecule has 0 saturated carbocycles. The fourth-order valence-electron chi connectivity index (χ4n) is 2.25. The van der Waals surface area contributed by atoms with Crippen LogP contribution in [0.5, 0.6) is 0 Å². The second-order valence-electron chi connectivity index (χ2n) is 4.49. The molecule has 1 N–H and O–H groups in total. The number of hydrogen-bond acceptors (Lipinski definition) is 3. The highest BCUT2D eigenvalue weighted by atomic mass is 32.2. The lowest BCUT2D eigenvalue weighted by Crippen LogP contribution is -2.47. The number of carbonyl (C=O) groups excluding carboxylic acids is 1. The van der Waals surface area contributed by atoms with E-state index in [0.717, 1.165) is 31.0 Å². The summed E-state index contributed by atoms with van der Waals surface area (Å²) in [5.41, 5.74) is 0. The molecule has 0 aromatic heterocycles. The molecular formula is C11H19N3O3S. The summed E-state index contributed by atoms with van der Waals surface area (Å²) in [4.78, 5) is 28.2. The molecule has 18 heavy (non-hydrogen) atoms. The Labute approximate surface area is 111 Å². The van der Waals surface area contributed by atoms with Crippen LogP contribution in [0.3, 0.4) is 0 Å². The molecule has 0 atom stereocenters. The largest absolute Gasteiger partial charge is 0.465 e. The molecule has 2 fully saturated rings. The van der Waals surface area contributed by atoms with Crippen molar-refractivity contribution in [3.8, 4) is 0 Å². The standard InChI is InChI=1S/C11H19N3O3S/c15-10(13-6-8-18-9-7-13)12-2-1-3-14(5-4-12)11(16)17/h1-9H2,(H,16,17). The lowest BCUT2D eigenvalue weighted by molar-refractivity contribution is 0.142. The molecule has 2 saturated heterocycles. The Morgan fingerprint density at radius 2 is 1.39 bits per heavy atom. The van der Waals surface area contributed by atoms with Crippen molar-refractivity contribution < 1.29 is 14.7 Å². The fraction of sp³-hybridized carbons (Fsp3) is 0.818. The first kappa shape index (κ1) is 13.3. The van der Waals surface area contributed by atoms with Crippen molar-refractivity contribution in [1.29, 1.82) is 0 Å². The molecule has 0 radical (unpaired) electrons. The van der Waals surface area contributed by atoms with E-state index in [-0.39, 0.29) is 6.03 Å². The summed E-state index contributed by atoms with van der Waals surface area (Å²) >= 11 is 1.87. The second-order valence-corrected chi connectivity index (χ2v) is 5.72. The van der Waals surface area contributed by atoms with Gasteiger partial charge in [0.25, 0.3) is 0 Å². The van der Waals surface area contributed by atoms with E-state index in [1.165, 1.54) is 4.90 Å². The van der Waals surface area contributed by atoms with Crippen LogP contribution in [-0.2, 0) is 0 Å². The normalized spacial score (nSPS) is 21.7. The third-order valence-electron chi connectivity index (χ3n) is 3.32. The van der Waals surface area contributed by atoms with Gasteiger partial charge in [0.15, 0.2) is 0 Å². The lowest BCUT2D eigenvalue weighted by Gasteiger charge is -2.32. The maximum Gasteiger partial charge on any atom is 0.407 e. The van der Waals surface area contributed by atoms with E-state index in [0.29, 0.717) is 26.2 Å². The Balaban J connectivity index is 1.88. The highest BCUT2D eigenvalue weighted by molar-refractivity contribution is 7.99. The van der Waals surface area contributed by atoms with Crippen LogP contribution < -0.4 is 0 Å². The number of carbonyl (C=O) groups is 2. The summed E-state index contributed by atoms with van der Waals surface area (Å²) in [7, 11) is 0. The van der Waals surface area contributed by atoms with Gasteiger partial charge in [0.1, 0.15) is 0 Å². The van der Waals surface area contributed by atoms with Gasteiger partial charge in [-0.2, -0.15) is 11.8 Å². The van der Waals surface area contributed by atoms with Gasteiger partial charge < -0.3 is 19.8 Å². The Morgan fingerprint density at radius 3 is 2.06 bits per heavy atom. The van der Waals surface area contributed by atoms with Crippen molar-refractivity contribution in [3.05, 3.63) is 0 Å². The fourth-order valence-corrected chi connectivity index (χ4v) is 3.16. The summed E-state index contributed by atoms with van der Waals surface area (Å²) in [5.74, 6) is 2.00.